The van der Waals surface area contributed by atoms with Crippen molar-refractivity contribution in [2.45, 2.75) is 0 Å². The lowest BCUT2D eigenvalue weighted by atomic mass is 10.8. The third-order valence-electron chi connectivity index (χ3n) is 0.598. The number of thiocarbonyl (C=S) groups is 1. The molecule has 0 amide bonds. The van der Waals surface area contributed by atoms with Gasteiger partial charge in [0.1, 0.15) is 0 Å². The van der Waals surface area contributed by atoms with Gasteiger partial charge in [0.05, 0.1) is 0 Å². The Balaban J connectivity index is 3.36. The van der Waals surface area contributed by atoms with Crippen molar-refractivity contribution in [1.82, 2.24) is 10.2 Å². The molecule has 0 aliphatic carbocycles. The number of hydrogen-bond acceptors (Lipinski definition) is 2. The predicted molar refractivity (Wildman–Crippen MR) is 42.7 cm³/mol. The van der Waals surface area contributed by atoms with E-state index in [0.717, 1.165) is 0 Å². The van der Waals surface area contributed by atoms with Crippen molar-refractivity contribution < 1.29 is 0 Å². The highest BCUT2D eigenvalue weighted by molar-refractivity contribution is 7.80. The van der Waals surface area contributed by atoms with Gasteiger partial charge in [0.2, 0.25) is 0 Å². The van der Waals surface area contributed by atoms with Crippen LogP contribution in [0.15, 0.2) is 12.4 Å². The van der Waals surface area contributed by atoms with Crippen LogP contribution in [0.2, 0.25) is 0 Å². The van der Waals surface area contributed by atoms with Crippen molar-refractivity contribution in [3.8, 4) is 0 Å². The third-order valence-corrected chi connectivity index (χ3v) is 0.716. The quantitative estimate of drug-likeness (QED) is 0.530. The van der Waals surface area contributed by atoms with Crippen LogP contribution in [0.3, 0.4) is 0 Å². The molecular weight excluding hydrogens is 134 g/mol. The minimum Gasteiger partial charge on any atom is -0.382 e. The standard InChI is InChI=1S/C5H11N3S/c1-8(2)4-3-7-5(6)9/h3-4H,1-2H3,(H3,6,7,9)/b4-3+. The van der Waals surface area contributed by atoms with E-state index in [-0.39, 0.29) is 5.11 Å². The number of nitrogens with two attached hydrogens (primary N) is 1. The Hall–Kier alpha value is -0.770. The maximum Gasteiger partial charge on any atom is 0.167 e. The van der Waals surface area contributed by atoms with Gasteiger partial charge in [0.25, 0.3) is 0 Å². The van der Waals surface area contributed by atoms with Gasteiger partial charge in [-0.2, -0.15) is 0 Å². The highest BCUT2D eigenvalue weighted by Crippen LogP contribution is 1.72. The van der Waals surface area contributed by atoms with Crippen LogP contribution in [0.25, 0.3) is 0 Å². The summed E-state index contributed by atoms with van der Waals surface area (Å²) in [6.07, 6.45) is 3.50. The van der Waals surface area contributed by atoms with E-state index < -0.39 is 0 Å². The molecule has 0 radical (unpaired) electrons. The fourth-order valence-electron chi connectivity index (χ4n) is 0.268. The zero-order valence-electron chi connectivity index (χ0n) is 5.59. The summed E-state index contributed by atoms with van der Waals surface area (Å²) >= 11 is 4.54. The predicted octanol–water partition coefficient (Wildman–Crippen LogP) is -0.148. The van der Waals surface area contributed by atoms with E-state index in [0.29, 0.717) is 0 Å². The second-order valence-electron chi connectivity index (χ2n) is 1.79. The maximum absolute atomic E-state index is 5.13. The van der Waals surface area contributed by atoms with E-state index in [2.05, 4.69) is 17.5 Å². The molecule has 0 spiro atoms. The molecule has 0 aliphatic heterocycles. The molecular formula is C5H11N3S. The van der Waals surface area contributed by atoms with Crippen molar-refractivity contribution in [3.05, 3.63) is 12.4 Å². The average Bonchev–Trinajstić information content (AvgIpc) is 1.63. The largest absolute Gasteiger partial charge is 0.382 e. The van der Waals surface area contributed by atoms with Crippen molar-refractivity contribution in [2.24, 2.45) is 5.73 Å². The van der Waals surface area contributed by atoms with Crippen molar-refractivity contribution in [1.29, 1.82) is 0 Å². The molecule has 3 N–H and O–H groups in total. The van der Waals surface area contributed by atoms with Crippen LogP contribution in [0.4, 0.5) is 0 Å². The van der Waals surface area contributed by atoms with Gasteiger partial charge >= 0.3 is 0 Å². The number of hydrogen-bond donors (Lipinski definition) is 2. The molecule has 0 unspecified atom stereocenters. The molecule has 0 saturated carbocycles. The topological polar surface area (TPSA) is 41.3 Å². The fraction of sp³-hybridized carbons (Fsp3) is 0.400. The van der Waals surface area contributed by atoms with Gasteiger partial charge in [-0.25, -0.2) is 0 Å². The lowest BCUT2D eigenvalue weighted by Gasteiger charge is -2.02. The van der Waals surface area contributed by atoms with Gasteiger partial charge in [-0.1, -0.05) is 0 Å². The maximum atomic E-state index is 5.13. The minimum atomic E-state index is 0.285. The first kappa shape index (κ1) is 8.23. The zero-order chi connectivity index (χ0) is 7.28. The molecule has 0 bridgehead atoms. The molecule has 0 aromatic heterocycles. The fourth-order valence-corrected chi connectivity index (χ4v) is 0.337. The van der Waals surface area contributed by atoms with Crippen LogP contribution in [0.5, 0.6) is 0 Å². The average molecular weight is 145 g/mol. The Labute approximate surface area is 60.5 Å². The Morgan fingerprint density at radius 3 is 2.56 bits per heavy atom. The highest BCUT2D eigenvalue weighted by Gasteiger charge is 1.77. The van der Waals surface area contributed by atoms with Gasteiger partial charge in [0, 0.05) is 26.5 Å². The van der Waals surface area contributed by atoms with Gasteiger partial charge < -0.3 is 16.0 Å². The second-order valence-corrected chi connectivity index (χ2v) is 2.23. The number of rotatable bonds is 2. The first-order chi connectivity index (χ1) is 4.13. The Morgan fingerprint density at radius 1 is 1.67 bits per heavy atom. The molecule has 0 saturated heterocycles. The van der Waals surface area contributed by atoms with Crippen molar-refractivity contribution in [2.75, 3.05) is 14.1 Å². The van der Waals surface area contributed by atoms with Crippen LogP contribution in [0, 0.1) is 0 Å². The monoisotopic (exact) mass is 145 g/mol. The third kappa shape index (κ3) is 7.23. The van der Waals surface area contributed by atoms with Crippen LogP contribution < -0.4 is 11.1 Å². The highest BCUT2D eigenvalue weighted by atomic mass is 32.1. The van der Waals surface area contributed by atoms with E-state index in [9.17, 15) is 0 Å². The van der Waals surface area contributed by atoms with Crippen LogP contribution in [0.1, 0.15) is 0 Å². The molecule has 0 heterocycles. The first-order valence-electron chi connectivity index (χ1n) is 2.52. The summed E-state index contributed by atoms with van der Waals surface area (Å²) < 4.78 is 0. The summed E-state index contributed by atoms with van der Waals surface area (Å²) in [5.74, 6) is 0. The molecule has 0 aromatic rings. The molecule has 0 aromatic carbocycles. The molecule has 9 heavy (non-hydrogen) atoms. The molecule has 0 atom stereocenters. The molecule has 52 valence electrons. The molecule has 3 nitrogen and oxygen atoms in total. The van der Waals surface area contributed by atoms with Crippen LogP contribution in [-0.2, 0) is 0 Å². The lowest BCUT2D eigenvalue weighted by Crippen LogP contribution is -2.24. The van der Waals surface area contributed by atoms with Gasteiger partial charge in [-0.05, 0) is 12.2 Å². The van der Waals surface area contributed by atoms with Crippen molar-refractivity contribution >= 4 is 17.3 Å². The van der Waals surface area contributed by atoms with Gasteiger partial charge in [-0.3, -0.25) is 0 Å². The van der Waals surface area contributed by atoms with E-state index in [1.165, 1.54) is 0 Å². The minimum absolute atomic E-state index is 0.285. The Kier molecular flexibility index (Phi) is 3.79. The van der Waals surface area contributed by atoms with Crippen molar-refractivity contribution in [3.63, 3.8) is 0 Å². The first-order valence-corrected chi connectivity index (χ1v) is 2.93. The summed E-state index contributed by atoms with van der Waals surface area (Å²) in [5.41, 5.74) is 5.13. The summed E-state index contributed by atoms with van der Waals surface area (Å²) in [7, 11) is 3.83. The zero-order valence-corrected chi connectivity index (χ0v) is 6.40. The van der Waals surface area contributed by atoms with Crippen LogP contribution >= 0.6 is 12.2 Å². The summed E-state index contributed by atoms with van der Waals surface area (Å²) in [6.45, 7) is 0. The van der Waals surface area contributed by atoms with E-state index >= 15 is 0 Å². The summed E-state index contributed by atoms with van der Waals surface area (Å²) in [5, 5.41) is 2.95. The van der Waals surface area contributed by atoms with E-state index in [1.54, 1.807) is 6.20 Å². The molecule has 0 fully saturated rings. The van der Waals surface area contributed by atoms with Crippen LogP contribution in [-0.4, -0.2) is 24.1 Å². The Morgan fingerprint density at radius 2 is 2.22 bits per heavy atom. The summed E-state index contributed by atoms with van der Waals surface area (Å²) in [6, 6.07) is 0. The molecule has 0 rings (SSSR count). The lowest BCUT2D eigenvalue weighted by molar-refractivity contribution is 0.561. The van der Waals surface area contributed by atoms with Gasteiger partial charge in [-0.15, -0.1) is 0 Å². The molecule has 0 aliphatic rings. The molecule has 4 heteroatoms. The van der Waals surface area contributed by atoms with E-state index in [1.807, 2.05) is 25.2 Å². The normalized spacial score (nSPS) is 9.56. The number of nitrogens with one attached hydrogen (secondary N) is 1. The van der Waals surface area contributed by atoms with Gasteiger partial charge in [0.15, 0.2) is 5.11 Å². The SMILES string of the molecule is CN(C)/C=C/NC(N)=S. The second kappa shape index (κ2) is 4.14. The smallest absolute Gasteiger partial charge is 0.167 e. The summed E-state index contributed by atoms with van der Waals surface area (Å²) in [4.78, 5) is 1.88. The Bertz CT molecular complexity index is 119. The van der Waals surface area contributed by atoms with E-state index in [4.69, 9.17) is 5.73 Å². The number of nitrogens with zero attached hydrogens (tertiary/aromatic N) is 1.